The SMILES string of the molecule is COc1ccc(NC(=S)NNC(=O)CNc2ccc(C)c(C)c2)cc1. The van der Waals surface area contributed by atoms with Crippen LogP contribution in [0.3, 0.4) is 0 Å². The Balaban J connectivity index is 1.73. The maximum atomic E-state index is 11.9. The topological polar surface area (TPSA) is 74.4 Å². The summed E-state index contributed by atoms with van der Waals surface area (Å²) in [6.45, 7) is 4.22. The third kappa shape index (κ3) is 5.96. The summed E-state index contributed by atoms with van der Waals surface area (Å²) in [7, 11) is 1.61. The lowest BCUT2D eigenvalue weighted by Gasteiger charge is -2.13. The van der Waals surface area contributed by atoms with E-state index < -0.39 is 0 Å². The molecule has 0 aromatic heterocycles. The second-order valence-corrected chi connectivity index (χ2v) is 5.92. The van der Waals surface area contributed by atoms with Crippen molar-refractivity contribution in [2.45, 2.75) is 13.8 Å². The van der Waals surface area contributed by atoms with Crippen molar-refractivity contribution < 1.29 is 9.53 Å². The van der Waals surface area contributed by atoms with Gasteiger partial charge in [0.05, 0.1) is 13.7 Å². The highest BCUT2D eigenvalue weighted by Gasteiger charge is 2.03. The van der Waals surface area contributed by atoms with Gasteiger partial charge in [0.1, 0.15) is 5.75 Å². The molecule has 4 N–H and O–H groups in total. The number of hydrogen-bond donors (Lipinski definition) is 4. The molecule has 2 rings (SSSR count). The van der Waals surface area contributed by atoms with Crippen LogP contribution < -0.4 is 26.2 Å². The van der Waals surface area contributed by atoms with Crippen LogP contribution in [-0.2, 0) is 4.79 Å². The number of aryl methyl sites for hydroxylation is 2. The third-order valence-corrected chi connectivity index (χ3v) is 3.83. The smallest absolute Gasteiger partial charge is 0.257 e. The first-order valence-electron chi connectivity index (χ1n) is 7.79. The number of ether oxygens (including phenoxy) is 1. The van der Waals surface area contributed by atoms with Gasteiger partial charge in [-0.05, 0) is 73.6 Å². The monoisotopic (exact) mass is 358 g/mol. The van der Waals surface area contributed by atoms with Gasteiger partial charge < -0.3 is 15.4 Å². The van der Waals surface area contributed by atoms with Crippen LogP contribution >= 0.6 is 12.2 Å². The van der Waals surface area contributed by atoms with Crippen molar-refractivity contribution in [3.8, 4) is 5.75 Å². The predicted octanol–water partition coefficient (Wildman–Crippen LogP) is 2.74. The lowest BCUT2D eigenvalue weighted by molar-refractivity contribution is -0.119. The molecule has 0 unspecified atom stereocenters. The van der Waals surface area contributed by atoms with E-state index in [1.807, 2.05) is 56.3 Å². The summed E-state index contributed by atoms with van der Waals surface area (Å²) in [5, 5.41) is 6.33. The van der Waals surface area contributed by atoms with Gasteiger partial charge in [-0.25, -0.2) is 0 Å². The van der Waals surface area contributed by atoms with Gasteiger partial charge in [-0.1, -0.05) is 6.07 Å². The minimum Gasteiger partial charge on any atom is -0.497 e. The van der Waals surface area contributed by atoms with Crippen LogP contribution in [0.15, 0.2) is 42.5 Å². The molecule has 0 atom stereocenters. The first-order valence-corrected chi connectivity index (χ1v) is 8.20. The Kier molecular flexibility index (Phi) is 6.59. The van der Waals surface area contributed by atoms with Crippen molar-refractivity contribution in [3.05, 3.63) is 53.6 Å². The molecule has 2 aromatic carbocycles. The molecular weight excluding hydrogens is 336 g/mol. The van der Waals surface area contributed by atoms with Crippen molar-refractivity contribution in [3.63, 3.8) is 0 Å². The minimum absolute atomic E-state index is 0.140. The van der Waals surface area contributed by atoms with Gasteiger partial charge in [-0.3, -0.25) is 15.6 Å². The van der Waals surface area contributed by atoms with Gasteiger partial charge in [-0.2, -0.15) is 0 Å². The zero-order valence-electron chi connectivity index (χ0n) is 14.5. The number of benzene rings is 2. The molecule has 6 nitrogen and oxygen atoms in total. The standard InChI is InChI=1S/C18H22N4O2S/c1-12-4-5-15(10-13(12)2)19-11-17(23)21-22-18(25)20-14-6-8-16(24-3)9-7-14/h4-10,19H,11H2,1-3H3,(H,21,23)(H2,20,22,25). The summed E-state index contributed by atoms with van der Waals surface area (Å²) in [4.78, 5) is 11.9. The van der Waals surface area contributed by atoms with Crippen molar-refractivity contribution in [1.29, 1.82) is 0 Å². The number of carbonyl (C=O) groups is 1. The molecule has 0 aliphatic heterocycles. The van der Waals surface area contributed by atoms with E-state index in [4.69, 9.17) is 17.0 Å². The van der Waals surface area contributed by atoms with Crippen molar-refractivity contribution >= 4 is 34.6 Å². The Morgan fingerprint density at radius 3 is 2.32 bits per heavy atom. The average Bonchev–Trinajstić information content (AvgIpc) is 2.61. The molecule has 0 saturated heterocycles. The van der Waals surface area contributed by atoms with Gasteiger partial charge in [0.25, 0.3) is 5.91 Å². The molecule has 2 aromatic rings. The molecule has 0 fully saturated rings. The van der Waals surface area contributed by atoms with Crippen LogP contribution in [0.2, 0.25) is 0 Å². The number of methoxy groups -OCH3 is 1. The Bertz CT molecular complexity index is 747. The molecular formula is C18H22N4O2S. The zero-order chi connectivity index (χ0) is 18.2. The van der Waals surface area contributed by atoms with Crippen LogP contribution in [0.1, 0.15) is 11.1 Å². The fourth-order valence-electron chi connectivity index (χ4n) is 2.04. The molecule has 0 saturated carbocycles. The van der Waals surface area contributed by atoms with E-state index >= 15 is 0 Å². The lowest BCUT2D eigenvalue weighted by Crippen LogP contribution is -2.45. The molecule has 0 bridgehead atoms. The fraction of sp³-hybridized carbons (Fsp3) is 0.222. The quantitative estimate of drug-likeness (QED) is 0.487. The van der Waals surface area contributed by atoms with Crippen LogP contribution in [0, 0.1) is 13.8 Å². The van der Waals surface area contributed by atoms with Gasteiger partial charge in [0.2, 0.25) is 0 Å². The number of hydrazine groups is 1. The van der Waals surface area contributed by atoms with Crippen molar-refractivity contribution in [2.75, 3.05) is 24.3 Å². The molecule has 7 heteroatoms. The summed E-state index contributed by atoms with van der Waals surface area (Å²) < 4.78 is 5.09. The highest BCUT2D eigenvalue weighted by atomic mass is 32.1. The van der Waals surface area contributed by atoms with E-state index in [1.165, 1.54) is 11.1 Å². The van der Waals surface area contributed by atoms with E-state index in [1.54, 1.807) is 7.11 Å². The molecule has 0 spiro atoms. The normalized spacial score (nSPS) is 9.88. The molecule has 0 aliphatic rings. The Morgan fingerprint density at radius 2 is 1.68 bits per heavy atom. The number of thiocarbonyl (C=S) groups is 1. The number of anilines is 2. The first kappa shape index (κ1) is 18.5. The van der Waals surface area contributed by atoms with Gasteiger partial charge in [-0.15, -0.1) is 0 Å². The summed E-state index contributed by atoms with van der Waals surface area (Å²) >= 11 is 5.14. The first-order chi connectivity index (χ1) is 12.0. The second kappa shape index (κ2) is 8.89. The predicted molar refractivity (Wildman–Crippen MR) is 105 cm³/mol. The van der Waals surface area contributed by atoms with Crippen LogP contribution in [0.4, 0.5) is 11.4 Å². The van der Waals surface area contributed by atoms with E-state index in [0.29, 0.717) is 5.11 Å². The molecule has 0 heterocycles. The Labute approximate surface area is 152 Å². The summed E-state index contributed by atoms with van der Waals surface area (Å²) in [6, 6.07) is 13.3. The highest BCUT2D eigenvalue weighted by molar-refractivity contribution is 7.80. The largest absolute Gasteiger partial charge is 0.497 e. The Morgan fingerprint density at radius 1 is 1.00 bits per heavy atom. The van der Waals surface area contributed by atoms with Gasteiger partial charge in [0.15, 0.2) is 5.11 Å². The minimum atomic E-state index is -0.225. The van der Waals surface area contributed by atoms with E-state index in [9.17, 15) is 4.79 Å². The van der Waals surface area contributed by atoms with Crippen LogP contribution in [-0.4, -0.2) is 24.7 Å². The number of nitrogens with one attached hydrogen (secondary N) is 4. The average molecular weight is 358 g/mol. The number of amides is 1. The Hall–Kier alpha value is -2.80. The van der Waals surface area contributed by atoms with Crippen LogP contribution in [0.5, 0.6) is 5.75 Å². The van der Waals surface area contributed by atoms with E-state index in [0.717, 1.165) is 17.1 Å². The van der Waals surface area contributed by atoms with Crippen LogP contribution in [0.25, 0.3) is 0 Å². The van der Waals surface area contributed by atoms with Gasteiger partial charge in [0, 0.05) is 11.4 Å². The molecule has 132 valence electrons. The lowest BCUT2D eigenvalue weighted by atomic mass is 10.1. The maximum Gasteiger partial charge on any atom is 0.257 e. The van der Waals surface area contributed by atoms with E-state index in [-0.39, 0.29) is 12.5 Å². The van der Waals surface area contributed by atoms with Crippen molar-refractivity contribution in [1.82, 2.24) is 10.9 Å². The maximum absolute atomic E-state index is 11.9. The van der Waals surface area contributed by atoms with Crippen molar-refractivity contribution in [2.24, 2.45) is 0 Å². The molecule has 0 aliphatic carbocycles. The second-order valence-electron chi connectivity index (χ2n) is 5.51. The molecule has 0 radical (unpaired) electrons. The van der Waals surface area contributed by atoms with Gasteiger partial charge >= 0.3 is 0 Å². The molecule has 25 heavy (non-hydrogen) atoms. The number of hydrogen-bond acceptors (Lipinski definition) is 4. The molecule has 1 amide bonds. The van der Waals surface area contributed by atoms with E-state index in [2.05, 4.69) is 21.5 Å². The summed E-state index contributed by atoms with van der Waals surface area (Å²) in [5.41, 5.74) is 9.29. The fourth-order valence-corrected chi connectivity index (χ4v) is 2.21. The summed E-state index contributed by atoms with van der Waals surface area (Å²) in [6.07, 6.45) is 0. The summed E-state index contributed by atoms with van der Waals surface area (Å²) in [5.74, 6) is 0.534. The number of rotatable bonds is 5. The third-order valence-electron chi connectivity index (χ3n) is 3.62. The number of carbonyl (C=O) groups excluding carboxylic acids is 1. The highest BCUT2D eigenvalue weighted by Crippen LogP contribution is 2.15. The zero-order valence-corrected chi connectivity index (χ0v) is 15.3.